The second-order valence-corrected chi connectivity index (χ2v) is 7.98. The Hall–Kier alpha value is -3.71. The van der Waals surface area contributed by atoms with E-state index >= 15 is 0 Å². The van der Waals surface area contributed by atoms with Crippen molar-refractivity contribution in [3.8, 4) is 11.5 Å². The fourth-order valence-electron chi connectivity index (χ4n) is 4.92. The molecule has 0 aliphatic heterocycles. The van der Waals surface area contributed by atoms with E-state index in [1.165, 1.54) is 7.11 Å². The summed E-state index contributed by atoms with van der Waals surface area (Å²) in [6.45, 7) is 3.44. The van der Waals surface area contributed by atoms with E-state index in [9.17, 15) is 15.1 Å². The molecule has 0 unspecified atom stereocenters. The van der Waals surface area contributed by atoms with Crippen LogP contribution in [0.3, 0.4) is 0 Å². The lowest BCUT2D eigenvalue weighted by Crippen LogP contribution is -2.53. The summed E-state index contributed by atoms with van der Waals surface area (Å²) < 4.78 is 21.6. The summed E-state index contributed by atoms with van der Waals surface area (Å²) in [5.41, 5.74) is 7.55. The molecule has 0 N–H and O–H groups in total. The van der Waals surface area contributed by atoms with Gasteiger partial charge in [0.1, 0.15) is 5.54 Å². The van der Waals surface area contributed by atoms with Crippen molar-refractivity contribution in [1.29, 1.82) is 0 Å². The molecule has 34 heavy (non-hydrogen) atoms. The minimum absolute atomic E-state index is 0.0358. The second kappa shape index (κ2) is 10.5. The number of esters is 2. The van der Waals surface area contributed by atoms with Crippen molar-refractivity contribution in [2.75, 3.05) is 27.4 Å². The van der Waals surface area contributed by atoms with Gasteiger partial charge in [-0.2, -0.15) is 0 Å². The first-order valence-electron chi connectivity index (χ1n) is 11.1. The van der Waals surface area contributed by atoms with E-state index in [0.717, 1.165) is 5.56 Å². The van der Waals surface area contributed by atoms with Crippen molar-refractivity contribution in [3.05, 3.63) is 70.1 Å². The van der Waals surface area contributed by atoms with Crippen molar-refractivity contribution in [2.24, 2.45) is 10.5 Å². The van der Waals surface area contributed by atoms with Crippen molar-refractivity contribution in [1.82, 2.24) is 0 Å². The maximum absolute atomic E-state index is 13.6. The van der Waals surface area contributed by atoms with Gasteiger partial charge in [0.25, 0.3) is 0 Å². The van der Waals surface area contributed by atoms with Gasteiger partial charge in [0.15, 0.2) is 16.9 Å². The quantitative estimate of drug-likeness (QED) is 0.170. The van der Waals surface area contributed by atoms with E-state index < -0.39 is 22.9 Å². The lowest BCUT2D eigenvalue weighted by atomic mass is 9.68. The van der Waals surface area contributed by atoms with Gasteiger partial charge in [-0.1, -0.05) is 41.5 Å². The summed E-state index contributed by atoms with van der Waals surface area (Å²) >= 11 is 0. The van der Waals surface area contributed by atoms with Crippen molar-refractivity contribution in [3.63, 3.8) is 0 Å². The lowest BCUT2D eigenvalue weighted by molar-refractivity contribution is -0.176. The smallest absolute Gasteiger partial charge is 0.324 e. The number of azide groups is 1. The maximum atomic E-state index is 13.6. The van der Waals surface area contributed by atoms with Crippen molar-refractivity contribution >= 4 is 11.9 Å². The number of rotatable bonds is 9. The van der Waals surface area contributed by atoms with E-state index in [1.54, 1.807) is 51.3 Å². The summed E-state index contributed by atoms with van der Waals surface area (Å²) in [4.78, 5) is 30.3. The summed E-state index contributed by atoms with van der Waals surface area (Å²) in [5.74, 6) is -0.825. The fourth-order valence-corrected chi connectivity index (χ4v) is 4.92. The van der Waals surface area contributed by atoms with Crippen LogP contribution in [0.1, 0.15) is 43.7 Å². The third-order valence-electron chi connectivity index (χ3n) is 6.39. The monoisotopic (exact) mass is 467 g/mol. The molecule has 180 valence electrons. The average molecular weight is 468 g/mol. The SMILES string of the molecule is CCOC(=O)C1(C(=O)OCC)C[C@H](c2ccc(OC)c(OC)c2)C[C@@]1(N=[N+]=[N-])c1ccccc1. The predicted octanol–water partition coefficient (Wildman–Crippen LogP) is 4.90. The van der Waals surface area contributed by atoms with Gasteiger partial charge in [-0.15, -0.1) is 0 Å². The van der Waals surface area contributed by atoms with Gasteiger partial charge in [0.05, 0.1) is 27.4 Å². The number of benzene rings is 2. The largest absolute Gasteiger partial charge is 0.493 e. The molecule has 0 aromatic heterocycles. The minimum atomic E-state index is -1.87. The normalized spacial score (nSPS) is 20.6. The number of methoxy groups -OCH3 is 2. The Kier molecular flexibility index (Phi) is 7.68. The molecule has 2 aromatic rings. The van der Waals surface area contributed by atoms with Gasteiger partial charge >= 0.3 is 11.9 Å². The van der Waals surface area contributed by atoms with Crippen LogP contribution in [0.15, 0.2) is 53.6 Å². The molecule has 1 aliphatic rings. The van der Waals surface area contributed by atoms with Crippen LogP contribution in [0.25, 0.3) is 10.4 Å². The van der Waals surface area contributed by atoms with E-state index in [1.807, 2.05) is 18.2 Å². The highest BCUT2D eigenvalue weighted by atomic mass is 16.6. The fraction of sp³-hybridized carbons (Fsp3) is 0.440. The molecule has 0 spiro atoms. The number of nitrogens with zero attached hydrogens (tertiary/aromatic N) is 3. The zero-order chi connectivity index (χ0) is 24.8. The van der Waals surface area contributed by atoms with Crippen molar-refractivity contribution in [2.45, 2.75) is 38.1 Å². The van der Waals surface area contributed by atoms with Crippen LogP contribution in [0.5, 0.6) is 11.5 Å². The van der Waals surface area contributed by atoms with Crippen LogP contribution in [0.2, 0.25) is 0 Å². The predicted molar refractivity (Wildman–Crippen MR) is 124 cm³/mol. The van der Waals surface area contributed by atoms with Crippen LogP contribution < -0.4 is 9.47 Å². The number of hydrogen-bond acceptors (Lipinski definition) is 7. The van der Waals surface area contributed by atoms with Gasteiger partial charge < -0.3 is 18.9 Å². The highest BCUT2D eigenvalue weighted by molar-refractivity contribution is 6.03. The minimum Gasteiger partial charge on any atom is -0.493 e. The van der Waals surface area contributed by atoms with Crippen LogP contribution in [0.4, 0.5) is 0 Å². The van der Waals surface area contributed by atoms with Crippen LogP contribution in [-0.2, 0) is 24.6 Å². The van der Waals surface area contributed by atoms with Gasteiger partial charge in [0.2, 0.25) is 0 Å². The molecule has 0 saturated heterocycles. The number of carbonyl (C=O) groups is 2. The summed E-state index contributed by atoms with van der Waals surface area (Å²) in [6.07, 6.45) is 0.224. The Morgan fingerprint density at radius 1 is 0.971 bits per heavy atom. The Balaban J connectivity index is 2.30. The molecule has 3 rings (SSSR count). The Morgan fingerprint density at radius 3 is 2.12 bits per heavy atom. The number of carbonyl (C=O) groups excluding carboxylic acids is 2. The van der Waals surface area contributed by atoms with Gasteiger partial charge in [-0.25, -0.2) is 0 Å². The Morgan fingerprint density at radius 2 is 1.59 bits per heavy atom. The molecule has 0 heterocycles. The third kappa shape index (κ3) is 4.03. The molecule has 1 fully saturated rings. The zero-order valence-electron chi connectivity index (χ0n) is 19.8. The van der Waals surface area contributed by atoms with Crippen molar-refractivity contribution < 1.29 is 28.5 Å². The van der Waals surface area contributed by atoms with Gasteiger partial charge in [-0.05, 0) is 61.4 Å². The molecule has 1 aliphatic carbocycles. The lowest BCUT2D eigenvalue weighted by Gasteiger charge is -2.38. The molecule has 0 amide bonds. The zero-order valence-corrected chi connectivity index (χ0v) is 19.8. The Bertz CT molecular complexity index is 1070. The van der Waals surface area contributed by atoms with Crippen LogP contribution >= 0.6 is 0 Å². The van der Waals surface area contributed by atoms with E-state index in [-0.39, 0.29) is 32.0 Å². The molecule has 0 bridgehead atoms. The Labute approximate surface area is 198 Å². The average Bonchev–Trinajstić information content (AvgIpc) is 3.22. The first kappa shape index (κ1) is 24.9. The highest BCUT2D eigenvalue weighted by Gasteiger charge is 2.69. The summed E-state index contributed by atoms with van der Waals surface area (Å²) in [6, 6.07) is 14.3. The first-order chi connectivity index (χ1) is 16.4. The molecule has 0 radical (unpaired) electrons. The summed E-state index contributed by atoms with van der Waals surface area (Å²) in [5, 5.41) is 4.16. The third-order valence-corrected chi connectivity index (χ3v) is 6.39. The standard InChI is InChI=1S/C25H29N3O6/c1-5-33-22(29)24(23(30)34-6-2)15-18(17-12-13-20(31-3)21(14-17)32-4)16-25(24,27-28-26)19-10-8-7-9-11-19/h7-14,18H,5-6,15-16H2,1-4H3/t18-,25+/m0/s1. The number of ether oxygens (including phenoxy) is 4. The molecular formula is C25H29N3O6. The second-order valence-electron chi connectivity index (χ2n) is 7.98. The highest BCUT2D eigenvalue weighted by Crippen LogP contribution is 2.62. The molecule has 1 saturated carbocycles. The molecule has 2 aromatic carbocycles. The molecular weight excluding hydrogens is 438 g/mol. The van der Waals surface area contributed by atoms with Crippen LogP contribution in [-0.4, -0.2) is 39.4 Å². The van der Waals surface area contributed by atoms with Gasteiger partial charge in [0, 0.05) is 4.91 Å². The molecule has 9 nitrogen and oxygen atoms in total. The van der Waals surface area contributed by atoms with Crippen LogP contribution in [0, 0.1) is 5.41 Å². The first-order valence-corrected chi connectivity index (χ1v) is 11.1. The van der Waals surface area contributed by atoms with E-state index in [4.69, 9.17) is 18.9 Å². The summed E-state index contributed by atoms with van der Waals surface area (Å²) in [7, 11) is 3.08. The molecule has 9 heteroatoms. The number of hydrogen-bond donors (Lipinski definition) is 0. The maximum Gasteiger partial charge on any atom is 0.324 e. The molecule has 2 atom stereocenters. The van der Waals surface area contributed by atoms with E-state index in [0.29, 0.717) is 17.1 Å². The van der Waals surface area contributed by atoms with Gasteiger partial charge in [-0.3, -0.25) is 9.59 Å². The topological polar surface area (TPSA) is 120 Å². The van der Waals surface area contributed by atoms with E-state index in [2.05, 4.69) is 10.0 Å².